The normalized spacial score (nSPS) is 53.5. The second-order valence-electron chi connectivity index (χ2n) is 8.05. The molecule has 0 bridgehead atoms. The predicted molar refractivity (Wildman–Crippen MR) is 73.7 cm³/mol. The molecule has 3 fully saturated rings. The maximum absolute atomic E-state index is 11.1. The van der Waals surface area contributed by atoms with Crippen molar-refractivity contribution in [2.75, 3.05) is 0 Å². The first-order valence-electron chi connectivity index (χ1n) is 7.36. The molecule has 1 spiro atoms. The van der Waals surface area contributed by atoms with Crippen LogP contribution in [0.15, 0.2) is 12.2 Å². The van der Waals surface area contributed by atoms with Crippen molar-refractivity contribution in [2.24, 2.45) is 10.8 Å². The fourth-order valence-electron chi connectivity index (χ4n) is 4.42. The molecule has 108 valence electrons. The predicted octanol–water partition coefficient (Wildman–Crippen LogP) is 2.41. The van der Waals surface area contributed by atoms with Crippen LogP contribution in [0.2, 0.25) is 0 Å². The lowest BCUT2D eigenvalue weighted by Crippen LogP contribution is -2.60. The van der Waals surface area contributed by atoms with Gasteiger partial charge in [-0.3, -0.25) is 0 Å². The van der Waals surface area contributed by atoms with Crippen molar-refractivity contribution in [3.05, 3.63) is 12.2 Å². The molecule has 1 aliphatic heterocycles. The second-order valence-corrected chi connectivity index (χ2v) is 8.05. The highest BCUT2D eigenvalue weighted by Gasteiger charge is 2.79. The van der Waals surface area contributed by atoms with Gasteiger partial charge in [0, 0.05) is 5.41 Å². The van der Waals surface area contributed by atoms with Gasteiger partial charge in [0.1, 0.15) is 11.7 Å². The summed E-state index contributed by atoms with van der Waals surface area (Å²) in [5.74, 6) is 0. The molecule has 5 atom stereocenters. The van der Waals surface area contributed by atoms with E-state index in [-0.39, 0.29) is 16.9 Å². The van der Waals surface area contributed by atoms with Crippen LogP contribution in [-0.4, -0.2) is 33.6 Å². The van der Waals surface area contributed by atoms with E-state index in [9.17, 15) is 10.2 Å². The molecule has 3 rings (SSSR count). The lowest BCUT2D eigenvalue weighted by atomic mass is 9.52. The van der Waals surface area contributed by atoms with Gasteiger partial charge in [0.05, 0.1) is 11.7 Å². The summed E-state index contributed by atoms with van der Waals surface area (Å²) in [6.45, 7) is 12.5. The van der Waals surface area contributed by atoms with Gasteiger partial charge in [-0.15, -0.1) is 0 Å². The van der Waals surface area contributed by atoms with Crippen LogP contribution >= 0.6 is 0 Å². The number of ether oxygens (including phenoxy) is 1. The molecule has 0 aromatic heterocycles. The van der Waals surface area contributed by atoms with E-state index < -0.39 is 17.3 Å². The summed E-state index contributed by atoms with van der Waals surface area (Å²) < 4.78 is 6.09. The quantitative estimate of drug-likeness (QED) is 0.523. The summed E-state index contributed by atoms with van der Waals surface area (Å²) >= 11 is 0. The van der Waals surface area contributed by atoms with Crippen molar-refractivity contribution in [2.45, 2.75) is 76.8 Å². The van der Waals surface area contributed by atoms with Crippen molar-refractivity contribution in [1.82, 2.24) is 0 Å². The first-order chi connectivity index (χ1) is 8.58. The number of hydrogen-bond acceptors (Lipinski definition) is 3. The fourth-order valence-corrected chi connectivity index (χ4v) is 4.42. The summed E-state index contributed by atoms with van der Waals surface area (Å²) in [6, 6.07) is 0. The smallest absolute Gasteiger partial charge is 0.126 e. The fraction of sp³-hybridized carbons (Fsp3) is 0.875. The van der Waals surface area contributed by atoms with E-state index in [4.69, 9.17) is 4.74 Å². The average molecular weight is 266 g/mol. The van der Waals surface area contributed by atoms with Gasteiger partial charge < -0.3 is 14.9 Å². The Bertz CT molecular complexity index is 438. The van der Waals surface area contributed by atoms with Crippen LogP contribution in [0.1, 0.15) is 53.4 Å². The van der Waals surface area contributed by atoms with Crippen LogP contribution in [0, 0.1) is 10.8 Å². The highest BCUT2D eigenvalue weighted by Crippen LogP contribution is 2.70. The largest absolute Gasteiger partial charge is 0.389 e. The van der Waals surface area contributed by atoms with Crippen molar-refractivity contribution in [3.8, 4) is 0 Å². The van der Waals surface area contributed by atoms with Gasteiger partial charge in [-0.25, -0.2) is 0 Å². The minimum atomic E-state index is -0.827. The van der Waals surface area contributed by atoms with Gasteiger partial charge >= 0.3 is 0 Å². The Balaban J connectivity index is 2.03. The van der Waals surface area contributed by atoms with Gasteiger partial charge in [0.15, 0.2) is 0 Å². The summed E-state index contributed by atoms with van der Waals surface area (Å²) in [5, 5.41) is 21.3. The Morgan fingerprint density at radius 2 is 1.89 bits per heavy atom. The van der Waals surface area contributed by atoms with Crippen molar-refractivity contribution in [1.29, 1.82) is 0 Å². The number of epoxide rings is 1. The van der Waals surface area contributed by atoms with Crippen LogP contribution in [0.3, 0.4) is 0 Å². The van der Waals surface area contributed by atoms with Crippen LogP contribution in [-0.2, 0) is 4.74 Å². The van der Waals surface area contributed by atoms with Crippen LogP contribution in [0.4, 0.5) is 0 Å². The molecule has 1 heterocycles. The molecule has 3 nitrogen and oxygen atoms in total. The third kappa shape index (κ3) is 1.39. The molecule has 19 heavy (non-hydrogen) atoms. The number of aliphatic hydroxyl groups is 2. The molecule has 3 heteroatoms. The van der Waals surface area contributed by atoms with E-state index in [2.05, 4.69) is 34.3 Å². The molecule has 2 N–H and O–H groups in total. The van der Waals surface area contributed by atoms with Crippen molar-refractivity contribution in [3.63, 3.8) is 0 Å². The zero-order chi connectivity index (χ0) is 14.3. The van der Waals surface area contributed by atoms with E-state index in [1.165, 1.54) is 0 Å². The van der Waals surface area contributed by atoms with E-state index in [0.717, 1.165) is 31.3 Å². The lowest BCUT2D eigenvalue weighted by molar-refractivity contribution is -0.106. The summed E-state index contributed by atoms with van der Waals surface area (Å²) in [5.41, 5.74) is -0.748. The molecule has 2 saturated carbocycles. The molecule has 0 aromatic carbocycles. The van der Waals surface area contributed by atoms with Crippen molar-refractivity contribution < 1.29 is 14.9 Å². The number of aliphatic hydroxyl groups excluding tert-OH is 1. The Morgan fingerprint density at radius 1 is 1.26 bits per heavy atom. The van der Waals surface area contributed by atoms with Gasteiger partial charge in [0.25, 0.3) is 0 Å². The zero-order valence-electron chi connectivity index (χ0n) is 12.5. The maximum Gasteiger partial charge on any atom is 0.126 e. The minimum Gasteiger partial charge on any atom is -0.389 e. The van der Waals surface area contributed by atoms with Gasteiger partial charge in [-0.2, -0.15) is 0 Å². The number of hydrogen-bond donors (Lipinski definition) is 2. The number of rotatable bonds is 0. The molecular weight excluding hydrogens is 240 g/mol. The molecule has 0 unspecified atom stereocenters. The van der Waals surface area contributed by atoms with Crippen LogP contribution < -0.4 is 0 Å². The van der Waals surface area contributed by atoms with Gasteiger partial charge in [0.2, 0.25) is 0 Å². The molecule has 2 aliphatic carbocycles. The van der Waals surface area contributed by atoms with E-state index in [1.54, 1.807) is 0 Å². The summed E-state index contributed by atoms with van der Waals surface area (Å²) in [4.78, 5) is 0. The Morgan fingerprint density at radius 3 is 2.47 bits per heavy atom. The molecular formula is C16H26O3. The van der Waals surface area contributed by atoms with Gasteiger partial charge in [-0.05, 0) is 36.7 Å². The van der Waals surface area contributed by atoms with E-state index in [1.807, 2.05) is 0 Å². The highest BCUT2D eigenvalue weighted by molar-refractivity contribution is 5.40. The van der Waals surface area contributed by atoms with E-state index in [0.29, 0.717) is 0 Å². The maximum atomic E-state index is 11.1. The second kappa shape index (κ2) is 3.44. The third-order valence-electron chi connectivity index (χ3n) is 6.15. The summed E-state index contributed by atoms with van der Waals surface area (Å²) in [7, 11) is 0. The Kier molecular flexibility index (Phi) is 2.46. The first-order valence-corrected chi connectivity index (χ1v) is 7.36. The first kappa shape index (κ1) is 13.6. The third-order valence-corrected chi connectivity index (χ3v) is 6.15. The zero-order valence-corrected chi connectivity index (χ0v) is 12.5. The standard InChI is InChI=1S/C16H26O3/c1-10-11(17)6-7-14(5)8-9-15(18,13(2,3)4)12-16(10,14)19-12/h11-12,17-18H,1,6-9H2,2-5H3/t11-,12-,14-,15-,16-/m1/s1. The average Bonchev–Trinajstić information content (AvgIpc) is 3.06. The van der Waals surface area contributed by atoms with E-state index >= 15 is 0 Å². The molecule has 0 radical (unpaired) electrons. The Hall–Kier alpha value is -0.380. The minimum absolute atomic E-state index is 0.0193. The monoisotopic (exact) mass is 266 g/mol. The highest BCUT2D eigenvalue weighted by atomic mass is 16.6. The van der Waals surface area contributed by atoms with Crippen LogP contribution in [0.25, 0.3) is 0 Å². The molecule has 0 amide bonds. The molecule has 1 saturated heterocycles. The topological polar surface area (TPSA) is 53.0 Å². The summed E-state index contributed by atoms with van der Waals surface area (Å²) in [6.07, 6.45) is 2.72. The lowest BCUT2D eigenvalue weighted by Gasteiger charge is -2.52. The van der Waals surface area contributed by atoms with Crippen molar-refractivity contribution >= 4 is 0 Å². The Labute approximate surface area is 115 Å². The molecule has 0 aromatic rings. The van der Waals surface area contributed by atoms with Crippen LogP contribution in [0.5, 0.6) is 0 Å². The SMILES string of the molecule is C=C1[C@H](O)CC[C@]2(C)CC[C@](O)(C(C)(C)C)[C@H]3O[C@]132. The van der Waals surface area contributed by atoms with Gasteiger partial charge in [-0.1, -0.05) is 34.3 Å². The molecule has 3 aliphatic rings.